The van der Waals surface area contributed by atoms with E-state index in [4.69, 9.17) is 0 Å². The maximum absolute atomic E-state index is 13.5. The predicted octanol–water partition coefficient (Wildman–Crippen LogP) is 4.81. The first-order valence-electron chi connectivity index (χ1n) is 6.62. The van der Waals surface area contributed by atoms with Crippen molar-refractivity contribution in [2.24, 2.45) is 0 Å². The second-order valence-electron chi connectivity index (χ2n) is 5.03. The van der Waals surface area contributed by atoms with Crippen molar-refractivity contribution >= 4 is 39.3 Å². The van der Waals surface area contributed by atoms with Gasteiger partial charge in [0.15, 0.2) is 11.6 Å². The first kappa shape index (κ1) is 15.5. The van der Waals surface area contributed by atoms with E-state index in [2.05, 4.69) is 15.9 Å². The van der Waals surface area contributed by atoms with E-state index in [0.29, 0.717) is 11.3 Å². The van der Waals surface area contributed by atoms with Gasteiger partial charge in [-0.25, -0.2) is 8.78 Å². The van der Waals surface area contributed by atoms with Crippen LogP contribution in [0, 0.1) is 18.6 Å². The fourth-order valence-electron chi connectivity index (χ4n) is 2.39. The zero-order chi connectivity index (χ0) is 15.9. The van der Waals surface area contributed by atoms with Gasteiger partial charge < -0.3 is 0 Å². The lowest BCUT2D eigenvalue weighted by Gasteiger charge is -2.25. The molecule has 1 amide bonds. The normalized spacial score (nSPS) is 18.1. The standard InChI is InChI=1S/C16H12BrF2NOS/c1-9-6-11(3-4-12(9)17)20-15(21)8-22-16(20)10-2-5-13(18)14(19)7-10/h2-7,16H,8H2,1H3/t16-/m0/s1. The third-order valence-electron chi connectivity index (χ3n) is 3.52. The summed E-state index contributed by atoms with van der Waals surface area (Å²) in [5, 5.41) is -0.344. The lowest BCUT2D eigenvalue weighted by Crippen LogP contribution is -2.28. The number of carbonyl (C=O) groups is 1. The number of rotatable bonds is 2. The van der Waals surface area contributed by atoms with Crippen molar-refractivity contribution < 1.29 is 13.6 Å². The summed E-state index contributed by atoms with van der Waals surface area (Å²) in [5.74, 6) is -1.51. The van der Waals surface area contributed by atoms with Crippen molar-refractivity contribution in [2.45, 2.75) is 12.3 Å². The Hall–Kier alpha value is -1.40. The molecule has 2 aromatic rings. The smallest absolute Gasteiger partial charge is 0.238 e. The summed E-state index contributed by atoms with van der Waals surface area (Å²) >= 11 is 4.84. The van der Waals surface area contributed by atoms with E-state index in [0.717, 1.165) is 27.9 Å². The zero-order valence-electron chi connectivity index (χ0n) is 11.6. The van der Waals surface area contributed by atoms with E-state index in [9.17, 15) is 13.6 Å². The fraction of sp³-hybridized carbons (Fsp3) is 0.188. The Balaban J connectivity index is 2.01. The Morgan fingerprint density at radius 3 is 2.64 bits per heavy atom. The Morgan fingerprint density at radius 1 is 1.18 bits per heavy atom. The molecule has 1 heterocycles. The van der Waals surface area contributed by atoms with Crippen LogP contribution in [0.1, 0.15) is 16.5 Å². The third kappa shape index (κ3) is 2.77. The van der Waals surface area contributed by atoms with Crippen LogP contribution in [0.3, 0.4) is 0 Å². The molecule has 0 saturated carbocycles. The molecule has 0 N–H and O–H groups in total. The number of nitrogens with zero attached hydrogens (tertiary/aromatic N) is 1. The lowest BCUT2D eigenvalue weighted by atomic mass is 10.1. The molecule has 1 aliphatic rings. The third-order valence-corrected chi connectivity index (χ3v) is 5.62. The first-order chi connectivity index (χ1) is 10.5. The van der Waals surface area contributed by atoms with Gasteiger partial charge in [0, 0.05) is 10.2 Å². The van der Waals surface area contributed by atoms with Crippen molar-refractivity contribution in [1.29, 1.82) is 0 Å². The SMILES string of the molecule is Cc1cc(N2C(=O)CS[C@H]2c2ccc(F)c(F)c2)ccc1Br. The molecule has 1 saturated heterocycles. The fourth-order valence-corrected chi connectivity index (χ4v) is 3.81. The minimum Gasteiger partial charge on any atom is -0.295 e. The number of aryl methyl sites for hydroxylation is 1. The highest BCUT2D eigenvalue weighted by Crippen LogP contribution is 2.42. The first-order valence-corrected chi connectivity index (χ1v) is 8.46. The molecule has 0 aromatic heterocycles. The van der Waals surface area contributed by atoms with Gasteiger partial charge in [-0.2, -0.15) is 0 Å². The van der Waals surface area contributed by atoms with E-state index in [1.54, 1.807) is 4.90 Å². The van der Waals surface area contributed by atoms with Gasteiger partial charge in [0.25, 0.3) is 0 Å². The summed E-state index contributed by atoms with van der Waals surface area (Å²) in [6.45, 7) is 1.94. The summed E-state index contributed by atoms with van der Waals surface area (Å²) in [7, 11) is 0. The number of amides is 1. The van der Waals surface area contributed by atoms with E-state index in [-0.39, 0.29) is 11.3 Å². The molecule has 114 valence electrons. The molecule has 0 aliphatic carbocycles. The summed E-state index contributed by atoms with van der Waals surface area (Å²) in [6, 6.07) is 9.40. The van der Waals surface area contributed by atoms with Crippen LogP contribution in [0.25, 0.3) is 0 Å². The van der Waals surface area contributed by atoms with E-state index < -0.39 is 11.6 Å². The minimum atomic E-state index is -0.899. The van der Waals surface area contributed by atoms with Crippen LogP contribution in [0.5, 0.6) is 0 Å². The minimum absolute atomic E-state index is 0.0403. The van der Waals surface area contributed by atoms with Gasteiger partial charge in [-0.15, -0.1) is 11.8 Å². The summed E-state index contributed by atoms with van der Waals surface area (Å²) in [4.78, 5) is 13.9. The average Bonchev–Trinajstić information content (AvgIpc) is 2.87. The summed E-state index contributed by atoms with van der Waals surface area (Å²) in [6.07, 6.45) is 0. The number of benzene rings is 2. The molecular weight excluding hydrogens is 372 g/mol. The van der Waals surface area contributed by atoms with Crippen molar-refractivity contribution in [3.63, 3.8) is 0 Å². The Kier molecular flexibility index (Phi) is 4.23. The molecule has 0 radical (unpaired) electrons. The lowest BCUT2D eigenvalue weighted by molar-refractivity contribution is -0.115. The zero-order valence-corrected chi connectivity index (χ0v) is 14.0. The molecule has 1 atom stereocenters. The molecular formula is C16H12BrF2NOS. The Labute approximate surface area is 139 Å². The van der Waals surface area contributed by atoms with Crippen molar-refractivity contribution in [1.82, 2.24) is 0 Å². The number of halogens is 3. The average molecular weight is 384 g/mol. The van der Waals surface area contributed by atoms with E-state index in [1.165, 1.54) is 17.8 Å². The van der Waals surface area contributed by atoms with E-state index in [1.807, 2.05) is 25.1 Å². The van der Waals surface area contributed by atoms with Gasteiger partial charge in [0.2, 0.25) is 5.91 Å². The van der Waals surface area contributed by atoms with Crippen molar-refractivity contribution in [3.05, 3.63) is 63.6 Å². The largest absolute Gasteiger partial charge is 0.295 e. The topological polar surface area (TPSA) is 20.3 Å². The van der Waals surface area contributed by atoms with E-state index >= 15 is 0 Å². The van der Waals surface area contributed by atoms with Gasteiger partial charge in [0.1, 0.15) is 5.37 Å². The van der Waals surface area contributed by atoms with Crippen molar-refractivity contribution in [2.75, 3.05) is 10.7 Å². The molecule has 1 aliphatic heterocycles. The van der Waals surface area contributed by atoms with Gasteiger partial charge in [-0.1, -0.05) is 22.0 Å². The number of hydrogen-bond donors (Lipinski definition) is 0. The number of hydrogen-bond acceptors (Lipinski definition) is 2. The summed E-state index contributed by atoms with van der Waals surface area (Å²) < 4.78 is 27.6. The van der Waals surface area contributed by atoms with Gasteiger partial charge in [-0.3, -0.25) is 9.69 Å². The van der Waals surface area contributed by atoms with Crippen LogP contribution in [-0.2, 0) is 4.79 Å². The molecule has 3 rings (SSSR count). The van der Waals surface area contributed by atoms with Crippen molar-refractivity contribution in [3.8, 4) is 0 Å². The number of thioether (sulfide) groups is 1. The molecule has 0 spiro atoms. The summed E-state index contributed by atoms with van der Waals surface area (Å²) in [5.41, 5.74) is 2.34. The van der Waals surface area contributed by atoms with Crippen LogP contribution in [-0.4, -0.2) is 11.7 Å². The number of anilines is 1. The van der Waals surface area contributed by atoms with Gasteiger partial charge >= 0.3 is 0 Å². The number of carbonyl (C=O) groups excluding carboxylic acids is 1. The van der Waals surface area contributed by atoms with Crippen LogP contribution < -0.4 is 4.90 Å². The second kappa shape index (κ2) is 6.01. The highest BCUT2D eigenvalue weighted by Gasteiger charge is 2.34. The molecule has 22 heavy (non-hydrogen) atoms. The van der Waals surface area contributed by atoms with Crippen LogP contribution in [0.2, 0.25) is 0 Å². The second-order valence-corrected chi connectivity index (χ2v) is 6.96. The predicted molar refractivity (Wildman–Crippen MR) is 87.9 cm³/mol. The molecule has 0 unspecified atom stereocenters. The van der Waals surface area contributed by atoms with Gasteiger partial charge in [0.05, 0.1) is 5.75 Å². The molecule has 6 heteroatoms. The molecule has 2 nitrogen and oxygen atoms in total. The van der Waals surface area contributed by atoms with Crippen LogP contribution in [0.4, 0.5) is 14.5 Å². The quantitative estimate of drug-likeness (QED) is 0.741. The monoisotopic (exact) mass is 383 g/mol. The molecule has 2 aromatic carbocycles. The maximum Gasteiger partial charge on any atom is 0.238 e. The Bertz CT molecular complexity index is 753. The molecule has 1 fully saturated rings. The molecule has 0 bridgehead atoms. The highest BCUT2D eigenvalue weighted by atomic mass is 79.9. The van der Waals surface area contributed by atoms with Gasteiger partial charge in [-0.05, 0) is 48.4 Å². The highest BCUT2D eigenvalue weighted by molar-refractivity contribution is 9.10. The van der Waals surface area contributed by atoms with Crippen LogP contribution in [0.15, 0.2) is 40.9 Å². The van der Waals surface area contributed by atoms with Crippen LogP contribution >= 0.6 is 27.7 Å². The maximum atomic E-state index is 13.5. The Morgan fingerprint density at radius 2 is 1.95 bits per heavy atom.